The van der Waals surface area contributed by atoms with Gasteiger partial charge in [0.1, 0.15) is 0 Å². The highest BCUT2D eigenvalue weighted by Gasteiger charge is 2.42. The number of hydrogen-bond donors (Lipinski definition) is 2. The molecule has 2 rings (SSSR count). The van der Waals surface area contributed by atoms with E-state index in [1.165, 1.54) is 0 Å². The molecule has 1 amide bonds. The van der Waals surface area contributed by atoms with Crippen molar-refractivity contribution in [2.45, 2.75) is 51.4 Å². The average Bonchev–Trinajstić information content (AvgIpc) is 2.79. The van der Waals surface area contributed by atoms with Gasteiger partial charge in [-0.05, 0) is 33.1 Å². The zero-order valence-corrected chi connectivity index (χ0v) is 9.45. The van der Waals surface area contributed by atoms with E-state index in [0.29, 0.717) is 12.6 Å². The van der Waals surface area contributed by atoms with Crippen molar-refractivity contribution in [1.82, 2.24) is 5.32 Å². The molecule has 0 spiro atoms. The molecule has 0 radical (unpaired) electrons. The van der Waals surface area contributed by atoms with Crippen LogP contribution in [-0.2, 0) is 9.53 Å². The molecule has 4 heteroatoms. The van der Waals surface area contributed by atoms with Gasteiger partial charge in [0.15, 0.2) is 0 Å². The molecule has 2 aliphatic rings. The normalized spacial score (nSPS) is 34.5. The topological polar surface area (TPSA) is 64.4 Å². The molecule has 0 aromatic rings. The minimum absolute atomic E-state index is 0.0474. The van der Waals surface area contributed by atoms with Crippen LogP contribution in [0.4, 0.5) is 0 Å². The molecular formula is C11H20N2O2. The van der Waals surface area contributed by atoms with Gasteiger partial charge in [-0.3, -0.25) is 4.79 Å². The molecule has 4 nitrogen and oxygen atoms in total. The Kier molecular flexibility index (Phi) is 2.73. The molecule has 0 aromatic carbocycles. The lowest BCUT2D eigenvalue weighted by molar-refractivity contribution is -0.130. The summed E-state index contributed by atoms with van der Waals surface area (Å²) in [6.07, 6.45) is 3.82. The summed E-state index contributed by atoms with van der Waals surface area (Å²) in [5.41, 5.74) is 5.09. The van der Waals surface area contributed by atoms with Gasteiger partial charge >= 0.3 is 0 Å². The summed E-state index contributed by atoms with van der Waals surface area (Å²) in [4.78, 5) is 11.9. The van der Waals surface area contributed by atoms with Crippen LogP contribution in [0.1, 0.15) is 33.1 Å². The Balaban J connectivity index is 1.90. The lowest BCUT2D eigenvalue weighted by atomic mass is 9.90. The van der Waals surface area contributed by atoms with E-state index in [4.69, 9.17) is 10.5 Å². The standard InChI is InChI=1S/C11H20N2O2/c1-11(2,6-12)10(14)13-8-5-7-3-4-9(8)15-7/h7-9H,3-6,12H2,1-2H3,(H,13,14)/t7-,8-,9+/m1/s1. The first-order valence-electron chi connectivity index (χ1n) is 5.69. The van der Waals surface area contributed by atoms with Gasteiger partial charge in [-0.1, -0.05) is 0 Å². The Morgan fingerprint density at radius 3 is 2.73 bits per heavy atom. The van der Waals surface area contributed by atoms with Gasteiger partial charge in [-0.25, -0.2) is 0 Å². The van der Waals surface area contributed by atoms with Gasteiger partial charge in [0.25, 0.3) is 0 Å². The third kappa shape index (κ3) is 2.01. The molecule has 0 unspecified atom stereocenters. The predicted molar refractivity (Wildman–Crippen MR) is 57.3 cm³/mol. The summed E-state index contributed by atoms with van der Waals surface area (Å²) in [6.45, 7) is 4.12. The number of nitrogens with one attached hydrogen (secondary N) is 1. The SMILES string of the molecule is CC(C)(CN)C(=O)N[C@@H]1C[C@H]2CC[C@@H]1O2. The van der Waals surface area contributed by atoms with Crippen molar-refractivity contribution in [3.05, 3.63) is 0 Å². The number of carbonyl (C=O) groups excluding carboxylic acids is 1. The lowest BCUT2D eigenvalue weighted by Gasteiger charge is -2.26. The molecule has 2 aliphatic heterocycles. The van der Waals surface area contributed by atoms with Gasteiger partial charge in [0.05, 0.1) is 23.7 Å². The Morgan fingerprint density at radius 1 is 1.53 bits per heavy atom. The molecule has 3 atom stereocenters. The fourth-order valence-corrected chi connectivity index (χ4v) is 2.25. The van der Waals surface area contributed by atoms with Crippen LogP contribution in [0.15, 0.2) is 0 Å². The van der Waals surface area contributed by atoms with Crippen molar-refractivity contribution in [2.24, 2.45) is 11.1 Å². The van der Waals surface area contributed by atoms with Crippen LogP contribution < -0.4 is 11.1 Å². The van der Waals surface area contributed by atoms with Gasteiger partial charge in [0, 0.05) is 6.54 Å². The molecule has 2 bridgehead atoms. The van der Waals surface area contributed by atoms with E-state index in [9.17, 15) is 4.79 Å². The van der Waals surface area contributed by atoms with E-state index < -0.39 is 5.41 Å². The summed E-state index contributed by atoms with van der Waals surface area (Å²) in [7, 11) is 0. The monoisotopic (exact) mass is 212 g/mol. The molecule has 0 saturated carbocycles. The Bertz CT molecular complexity index is 265. The van der Waals surface area contributed by atoms with Crippen LogP contribution in [-0.4, -0.2) is 30.7 Å². The molecule has 2 saturated heterocycles. The van der Waals surface area contributed by atoms with Crippen molar-refractivity contribution in [3.63, 3.8) is 0 Å². The Morgan fingerprint density at radius 2 is 2.27 bits per heavy atom. The smallest absolute Gasteiger partial charge is 0.227 e. The summed E-state index contributed by atoms with van der Waals surface area (Å²) < 4.78 is 5.69. The Labute approximate surface area is 90.5 Å². The number of rotatable bonds is 3. The molecule has 2 heterocycles. The van der Waals surface area contributed by atoms with E-state index in [0.717, 1.165) is 19.3 Å². The highest BCUT2D eigenvalue weighted by Crippen LogP contribution is 2.34. The van der Waals surface area contributed by atoms with Crippen molar-refractivity contribution in [3.8, 4) is 0 Å². The zero-order chi connectivity index (χ0) is 11.1. The highest BCUT2D eigenvalue weighted by molar-refractivity contribution is 5.82. The van der Waals surface area contributed by atoms with Crippen molar-refractivity contribution >= 4 is 5.91 Å². The summed E-state index contributed by atoms with van der Waals surface area (Å²) >= 11 is 0. The summed E-state index contributed by atoms with van der Waals surface area (Å²) in [5.74, 6) is 0.0474. The fraction of sp³-hybridized carbons (Fsp3) is 0.909. The molecule has 2 fully saturated rings. The average molecular weight is 212 g/mol. The number of amides is 1. The number of carbonyl (C=O) groups is 1. The quantitative estimate of drug-likeness (QED) is 0.712. The molecule has 0 aromatic heterocycles. The van der Waals surface area contributed by atoms with Crippen molar-refractivity contribution in [1.29, 1.82) is 0 Å². The minimum atomic E-state index is -0.470. The van der Waals surface area contributed by atoms with Gasteiger partial charge < -0.3 is 15.8 Å². The first-order chi connectivity index (χ1) is 7.03. The van der Waals surface area contributed by atoms with Gasteiger partial charge in [-0.15, -0.1) is 0 Å². The van der Waals surface area contributed by atoms with E-state index in [1.807, 2.05) is 13.8 Å². The van der Waals surface area contributed by atoms with Crippen LogP contribution in [0.3, 0.4) is 0 Å². The summed E-state index contributed by atoms with van der Waals surface area (Å²) in [5, 5.41) is 3.06. The molecular weight excluding hydrogens is 192 g/mol. The van der Waals surface area contributed by atoms with Crippen LogP contribution in [0.5, 0.6) is 0 Å². The fourth-order valence-electron chi connectivity index (χ4n) is 2.25. The maximum Gasteiger partial charge on any atom is 0.227 e. The largest absolute Gasteiger partial charge is 0.373 e. The van der Waals surface area contributed by atoms with Crippen LogP contribution in [0.25, 0.3) is 0 Å². The number of nitrogens with two attached hydrogens (primary N) is 1. The van der Waals surface area contributed by atoms with E-state index >= 15 is 0 Å². The third-order valence-corrected chi connectivity index (χ3v) is 3.55. The second-order valence-corrected chi connectivity index (χ2v) is 5.28. The van der Waals surface area contributed by atoms with Gasteiger partial charge in [0.2, 0.25) is 5.91 Å². The first kappa shape index (κ1) is 10.9. The van der Waals surface area contributed by atoms with Crippen LogP contribution in [0, 0.1) is 5.41 Å². The zero-order valence-electron chi connectivity index (χ0n) is 9.45. The first-order valence-corrected chi connectivity index (χ1v) is 5.69. The molecule has 86 valence electrons. The highest BCUT2D eigenvalue weighted by atomic mass is 16.5. The number of fused-ring (bicyclic) bond motifs is 2. The van der Waals surface area contributed by atoms with E-state index in [2.05, 4.69) is 5.32 Å². The van der Waals surface area contributed by atoms with E-state index in [1.54, 1.807) is 0 Å². The lowest BCUT2D eigenvalue weighted by Crippen LogP contribution is -2.49. The second kappa shape index (κ2) is 3.76. The Hall–Kier alpha value is -0.610. The maximum atomic E-state index is 11.9. The number of hydrogen-bond acceptors (Lipinski definition) is 3. The second-order valence-electron chi connectivity index (χ2n) is 5.28. The molecule has 15 heavy (non-hydrogen) atoms. The van der Waals surface area contributed by atoms with Crippen molar-refractivity contribution < 1.29 is 9.53 Å². The summed E-state index contributed by atoms with van der Waals surface area (Å²) in [6, 6.07) is 0.210. The number of ether oxygens (including phenoxy) is 1. The predicted octanol–water partition coefficient (Wildman–Crippen LogP) is 0.407. The van der Waals surface area contributed by atoms with Gasteiger partial charge in [-0.2, -0.15) is 0 Å². The van der Waals surface area contributed by atoms with Crippen molar-refractivity contribution in [2.75, 3.05) is 6.54 Å². The minimum Gasteiger partial charge on any atom is -0.373 e. The van der Waals surface area contributed by atoms with Crippen LogP contribution in [0.2, 0.25) is 0 Å². The maximum absolute atomic E-state index is 11.9. The van der Waals surface area contributed by atoms with E-state index in [-0.39, 0.29) is 18.1 Å². The van der Waals surface area contributed by atoms with Crippen LogP contribution >= 0.6 is 0 Å². The molecule has 3 N–H and O–H groups in total. The molecule has 0 aliphatic carbocycles. The third-order valence-electron chi connectivity index (χ3n) is 3.55.